The SMILES string of the molecule is CCCc1ccc(-c2nc3ccc(Cl)cn3c2N=O)cc1. The Balaban J connectivity index is 2.13. The third-order valence-electron chi connectivity index (χ3n) is 3.41. The summed E-state index contributed by atoms with van der Waals surface area (Å²) in [6.07, 6.45) is 3.79. The van der Waals surface area contributed by atoms with Crippen LogP contribution in [0.25, 0.3) is 16.9 Å². The number of nitroso groups, excluding NO2 is 1. The number of imidazole rings is 1. The van der Waals surface area contributed by atoms with Crippen LogP contribution in [-0.4, -0.2) is 9.38 Å². The number of aromatic nitrogens is 2. The van der Waals surface area contributed by atoms with Gasteiger partial charge in [-0.05, 0) is 29.3 Å². The molecule has 0 bridgehead atoms. The van der Waals surface area contributed by atoms with E-state index in [1.165, 1.54) is 5.56 Å². The molecule has 0 aliphatic rings. The second-order valence-electron chi connectivity index (χ2n) is 4.90. The fraction of sp³-hybridized carbons (Fsp3) is 0.188. The summed E-state index contributed by atoms with van der Waals surface area (Å²) in [6.45, 7) is 2.15. The van der Waals surface area contributed by atoms with E-state index in [2.05, 4.69) is 29.2 Å². The van der Waals surface area contributed by atoms with Crippen molar-refractivity contribution >= 4 is 23.1 Å². The molecule has 0 N–H and O–H groups in total. The number of benzene rings is 1. The number of hydrogen-bond acceptors (Lipinski definition) is 3. The highest BCUT2D eigenvalue weighted by atomic mass is 35.5. The molecule has 0 atom stereocenters. The van der Waals surface area contributed by atoms with E-state index < -0.39 is 0 Å². The third-order valence-corrected chi connectivity index (χ3v) is 3.63. The minimum atomic E-state index is 0.274. The van der Waals surface area contributed by atoms with Gasteiger partial charge in [0.25, 0.3) is 0 Å². The van der Waals surface area contributed by atoms with Crippen molar-refractivity contribution in [3.8, 4) is 11.3 Å². The van der Waals surface area contributed by atoms with Crippen LogP contribution >= 0.6 is 11.6 Å². The standard InChI is InChI=1S/C16H14ClN3O/c1-2-3-11-4-6-12(7-5-11)15-16(19-21)20-10-13(17)8-9-14(20)18-15/h4-10H,2-3H2,1H3. The highest BCUT2D eigenvalue weighted by Crippen LogP contribution is 2.31. The first-order valence-electron chi connectivity index (χ1n) is 6.83. The third kappa shape index (κ3) is 2.54. The lowest BCUT2D eigenvalue weighted by molar-refractivity contribution is 0.922. The first-order chi connectivity index (χ1) is 10.2. The molecular formula is C16H14ClN3O. The Morgan fingerprint density at radius 2 is 1.95 bits per heavy atom. The monoisotopic (exact) mass is 299 g/mol. The van der Waals surface area contributed by atoms with E-state index in [0.717, 1.165) is 18.4 Å². The predicted molar refractivity (Wildman–Crippen MR) is 85.1 cm³/mol. The number of aryl methyl sites for hydroxylation is 1. The maximum Gasteiger partial charge on any atom is 0.209 e. The van der Waals surface area contributed by atoms with Crippen molar-refractivity contribution in [1.29, 1.82) is 0 Å². The largest absolute Gasteiger partial charge is 0.280 e. The van der Waals surface area contributed by atoms with E-state index >= 15 is 0 Å². The smallest absolute Gasteiger partial charge is 0.209 e. The van der Waals surface area contributed by atoms with Crippen LogP contribution in [0.5, 0.6) is 0 Å². The Labute approximate surface area is 127 Å². The average Bonchev–Trinajstić information content (AvgIpc) is 2.86. The maximum absolute atomic E-state index is 11.2. The molecule has 106 valence electrons. The van der Waals surface area contributed by atoms with Crippen molar-refractivity contribution in [2.24, 2.45) is 5.18 Å². The summed E-state index contributed by atoms with van der Waals surface area (Å²) >= 11 is 5.97. The van der Waals surface area contributed by atoms with Gasteiger partial charge in [0.2, 0.25) is 5.82 Å². The molecular weight excluding hydrogens is 286 g/mol. The molecule has 0 saturated heterocycles. The molecule has 0 amide bonds. The number of fused-ring (bicyclic) bond motifs is 1. The second-order valence-corrected chi connectivity index (χ2v) is 5.33. The zero-order valence-electron chi connectivity index (χ0n) is 11.6. The molecule has 0 aliphatic heterocycles. The molecule has 0 spiro atoms. The summed E-state index contributed by atoms with van der Waals surface area (Å²) in [4.78, 5) is 15.7. The van der Waals surface area contributed by atoms with Crippen molar-refractivity contribution in [2.75, 3.05) is 0 Å². The van der Waals surface area contributed by atoms with Crippen LogP contribution in [0, 0.1) is 4.91 Å². The molecule has 0 aliphatic carbocycles. The van der Waals surface area contributed by atoms with Crippen LogP contribution in [0.2, 0.25) is 5.02 Å². The molecule has 1 aromatic carbocycles. The van der Waals surface area contributed by atoms with Crippen LogP contribution in [0.4, 0.5) is 5.82 Å². The van der Waals surface area contributed by atoms with Crippen LogP contribution < -0.4 is 0 Å². The van der Waals surface area contributed by atoms with Gasteiger partial charge in [-0.1, -0.05) is 49.2 Å². The lowest BCUT2D eigenvalue weighted by atomic mass is 10.1. The highest BCUT2D eigenvalue weighted by Gasteiger charge is 2.15. The summed E-state index contributed by atoms with van der Waals surface area (Å²) in [5.41, 5.74) is 3.38. The fourth-order valence-electron chi connectivity index (χ4n) is 2.41. The summed E-state index contributed by atoms with van der Waals surface area (Å²) in [5.74, 6) is 0.274. The summed E-state index contributed by atoms with van der Waals surface area (Å²) in [5, 5.41) is 3.66. The molecule has 2 aromatic heterocycles. The van der Waals surface area contributed by atoms with E-state index in [1.54, 1.807) is 22.7 Å². The van der Waals surface area contributed by atoms with Crippen LogP contribution in [0.15, 0.2) is 47.8 Å². The lowest BCUT2D eigenvalue weighted by Crippen LogP contribution is -1.84. The van der Waals surface area contributed by atoms with E-state index in [9.17, 15) is 4.91 Å². The van der Waals surface area contributed by atoms with Gasteiger partial charge >= 0.3 is 0 Å². The van der Waals surface area contributed by atoms with Gasteiger partial charge in [0, 0.05) is 11.8 Å². The molecule has 2 heterocycles. The van der Waals surface area contributed by atoms with Gasteiger partial charge in [-0.15, -0.1) is 4.91 Å². The van der Waals surface area contributed by atoms with E-state index in [4.69, 9.17) is 11.6 Å². The number of pyridine rings is 1. The van der Waals surface area contributed by atoms with Gasteiger partial charge in [0.05, 0.1) is 5.02 Å². The molecule has 3 rings (SSSR count). The van der Waals surface area contributed by atoms with Gasteiger partial charge in [-0.2, -0.15) is 0 Å². The Morgan fingerprint density at radius 1 is 1.19 bits per heavy atom. The minimum Gasteiger partial charge on any atom is -0.280 e. The molecule has 21 heavy (non-hydrogen) atoms. The predicted octanol–water partition coefficient (Wildman–Crippen LogP) is 5.01. The molecule has 0 fully saturated rings. The Kier molecular flexibility index (Phi) is 3.71. The highest BCUT2D eigenvalue weighted by molar-refractivity contribution is 6.30. The van der Waals surface area contributed by atoms with Crippen LogP contribution in [0.1, 0.15) is 18.9 Å². The van der Waals surface area contributed by atoms with Gasteiger partial charge < -0.3 is 0 Å². The number of hydrogen-bond donors (Lipinski definition) is 0. The van der Waals surface area contributed by atoms with Crippen molar-refractivity contribution in [2.45, 2.75) is 19.8 Å². The Hall–Kier alpha value is -2.20. The lowest BCUT2D eigenvalue weighted by Gasteiger charge is -2.01. The van der Waals surface area contributed by atoms with E-state index in [0.29, 0.717) is 16.4 Å². The number of halogens is 1. The quantitative estimate of drug-likeness (QED) is 0.636. The summed E-state index contributed by atoms with van der Waals surface area (Å²) in [6, 6.07) is 11.6. The number of rotatable bonds is 4. The second kappa shape index (κ2) is 5.66. The average molecular weight is 300 g/mol. The van der Waals surface area contributed by atoms with Crippen LogP contribution in [-0.2, 0) is 6.42 Å². The first kappa shape index (κ1) is 13.8. The van der Waals surface area contributed by atoms with Gasteiger partial charge in [0.15, 0.2) is 0 Å². The molecule has 0 saturated carbocycles. The van der Waals surface area contributed by atoms with Gasteiger partial charge in [-0.3, -0.25) is 4.40 Å². The topological polar surface area (TPSA) is 46.7 Å². The van der Waals surface area contributed by atoms with Crippen LogP contribution in [0.3, 0.4) is 0 Å². The van der Waals surface area contributed by atoms with Crippen molar-refractivity contribution < 1.29 is 0 Å². The zero-order chi connectivity index (χ0) is 14.8. The summed E-state index contributed by atoms with van der Waals surface area (Å²) < 4.78 is 1.62. The minimum absolute atomic E-state index is 0.274. The Morgan fingerprint density at radius 3 is 2.62 bits per heavy atom. The molecule has 3 aromatic rings. The van der Waals surface area contributed by atoms with Gasteiger partial charge in [0.1, 0.15) is 11.3 Å². The molecule has 4 nitrogen and oxygen atoms in total. The van der Waals surface area contributed by atoms with Crippen molar-refractivity contribution in [3.05, 3.63) is 58.1 Å². The molecule has 0 unspecified atom stereocenters. The first-order valence-corrected chi connectivity index (χ1v) is 7.21. The maximum atomic E-state index is 11.2. The Bertz CT molecular complexity index is 793. The van der Waals surface area contributed by atoms with Crippen molar-refractivity contribution in [3.63, 3.8) is 0 Å². The molecule has 5 heteroatoms. The van der Waals surface area contributed by atoms with Gasteiger partial charge in [-0.25, -0.2) is 4.98 Å². The summed E-state index contributed by atoms with van der Waals surface area (Å²) in [7, 11) is 0. The number of nitrogens with zero attached hydrogens (tertiary/aromatic N) is 3. The van der Waals surface area contributed by atoms with E-state index in [1.807, 2.05) is 12.1 Å². The van der Waals surface area contributed by atoms with E-state index in [-0.39, 0.29) is 5.82 Å². The molecule has 0 radical (unpaired) electrons. The zero-order valence-corrected chi connectivity index (χ0v) is 12.3. The normalized spacial score (nSPS) is 11.0. The fourth-order valence-corrected chi connectivity index (χ4v) is 2.57. The van der Waals surface area contributed by atoms with Crippen molar-refractivity contribution in [1.82, 2.24) is 9.38 Å².